The summed E-state index contributed by atoms with van der Waals surface area (Å²) >= 11 is 0. The lowest BCUT2D eigenvalue weighted by molar-refractivity contribution is -0.394. The van der Waals surface area contributed by atoms with Crippen LogP contribution in [0.25, 0.3) is 0 Å². The number of methoxy groups -OCH3 is 1. The second-order valence-corrected chi connectivity index (χ2v) is 6.35. The lowest BCUT2D eigenvalue weighted by Gasteiger charge is -2.14. The highest BCUT2D eigenvalue weighted by atomic mass is 16.6. The fourth-order valence-electron chi connectivity index (χ4n) is 2.96. The summed E-state index contributed by atoms with van der Waals surface area (Å²) in [6, 6.07) is 9.13. The van der Waals surface area contributed by atoms with E-state index in [1.165, 1.54) is 18.3 Å². The molecule has 0 radical (unpaired) electrons. The number of nitro benzene ring substituents is 2. The summed E-state index contributed by atoms with van der Waals surface area (Å²) in [6.07, 6.45) is 1.30. The standard InChI is InChI=1S/C19H17N5O6/c1-11-6-4-5-7-16(11)22-19(25)14(12(2)21-22)10-20-15-8-13(23(26)27)9-17(24(28)29)18(15)30-3/h4-10,20H,1-3H3/b14-10-. The Morgan fingerprint density at radius 3 is 2.43 bits per heavy atom. The fraction of sp³-hybridized carbons (Fsp3) is 0.158. The summed E-state index contributed by atoms with van der Waals surface area (Å²) in [6.45, 7) is 3.48. The number of amides is 1. The van der Waals surface area contributed by atoms with Crippen LogP contribution < -0.4 is 15.1 Å². The van der Waals surface area contributed by atoms with Gasteiger partial charge in [0.05, 0.1) is 45.7 Å². The number of benzene rings is 2. The van der Waals surface area contributed by atoms with Crippen LogP contribution in [0.4, 0.5) is 22.7 Å². The van der Waals surface area contributed by atoms with Gasteiger partial charge in [0, 0.05) is 12.3 Å². The van der Waals surface area contributed by atoms with Crippen LogP contribution in [0.1, 0.15) is 12.5 Å². The molecule has 1 aliphatic heterocycles. The van der Waals surface area contributed by atoms with E-state index in [1.807, 2.05) is 19.1 Å². The number of nitro groups is 2. The third-order valence-corrected chi connectivity index (χ3v) is 4.44. The molecule has 0 saturated heterocycles. The Bertz CT molecular complexity index is 1120. The number of rotatable bonds is 6. The molecule has 2 aromatic carbocycles. The zero-order valence-corrected chi connectivity index (χ0v) is 16.3. The minimum absolute atomic E-state index is 0.0270. The summed E-state index contributed by atoms with van der Waals surface area (Å²) in [7, 11) is 1.21. The van der Waals surface area contributed by atoms with E-state index in [-0.39, 0.29) is 17.0 Å². The predicted molar refractivity (Wildman–Crippen MR) is 110 cm³/mol. The predicted octanol–water partition coefficient (Wildman–Crippen LogP) is 3.54. The lowest BCUT2D eigenvalue weighted by atomic mass is 10.1. The molecule has 30 heavy (non-hydrogen) atoms. The summed E-state index contributed by atoms with van der Waals surface area (Å²) in [4.78, 5) is 33.7. The van der Waals surface area contributed by atoms with Crippen LogP contribution in [-0.4, -0.2) is 28.6 Å². The van der Waals surface area contributed by atoms with Crippen molar-refractivity contribution in [2.75, 3.05) is 17.4 Å². The Balaban J connectivity index is 1.99. The van der Waals surface area contributed by atoms with Crippen molar-refractivity contribution in [2.45, 2.75) is 13.8 Å². The SMILES string of the molecule is COc1c(N/C=C2\C(=O)N(c3ccccc3C)N=C2C)cc([N+](=O)[O-])cc1[N+](=O)[O-]. The molecule has 1 N–H and O–H groups in total. The van der Waals surface area contributed by atoms with Crippen LogP contribution in [0, 0.1) is 27.2 Å². The van der Waals surface area contributed by atoms with Gasteiger partial charge in [-0.25, -0.2) is 0 Å². The van der Waals surface area contributed by atoms with Gasteiger partial charge in [-0.2, -0.15) is 10.1 Å². The van der Waals surface area contributed by atoms with Gasteiger partial charge in [-0.05, 0) is 25.5 Å². The van der Waals surface area contributed by atoms with Crippen molar-refractivity contribution in [3.05, 3.63) is 74.0 Å². The van der Waals surface area contributed by atoms with E-state index < -0.39 is 27.1 Å². The molecule has 0 spiro atoms. The third kappa shape index (κ3) is 3.68. The van der Waals surface area contributed by atoms with Crippen molar-refractivity contribution in [1.82, 2.24) is 0 Å². The first-order chi connectivity index (χ1) is 14.2. The van der Waals surface area contributed by atoms with Crippen molar-refractivity contribution in [3.63, 3.8) is 0 Å². The number of carbonyl (C=O) groups excluding carboxylic acids is 1. The van der Waals surface area contributed by atoms with Gasteiger partial charge in [-0.1, -0.05) is 18.2 Å². The molecule has 0 aliphatic carbocycles. The molecule has 1 aliphatic rings. The van der Waals surface area contributed by atoms with Crippen molar-refractivity contribution >= 4 is 34.4 Å². The average molecular weight is 411 g/mol. The van der Waals surface area contributed by atoms with Crippen molar-refractivity contribution < 1.29 is 19.4 Å². The number of carbonyl (C=O) groups is 1. The van der Waals surface area contributed by atoms with Gasteiger partial charge in [0.25, 0.3) is 11.6 Å². The Morgan fingerprint density at radius 1 is 1.13 bits per heavy atom. The maximum absolute atomic E-state index is 12.8. The van der Waals surface area contributed by atoms with Crippen molar-refractivity contribution in [1.29, 1.82) is 0 Å². The molecule has 0 fully saturated rings. The number of ether oxygens (including phenoxy) is 1. The van der Waals surface area contributed by atoms with Gasteiger partial charge in [0.1, 0.15) is 0 Å². The zero-order chi connectivity index (χ0) is 22.0. The largest absolute Gasteiger partial charge is 0.489 e. The van der Waals surface area contributed by atoms with Crippen LogP contribution >= 0.6 is 0 Å². The number of nitrogens with one attached hydrogen (secondary N) is 1. The van der Waals surface area contributed by atoms with Crippen LogP contribution in [0.2, 0.25) is 0 Å². The number of aryl methyl sites for hydroxylation is 1. The quantitative estimate of drug-likeness (QED) is 0.435. The summed E-state index contributed by atoms with van der Waals surface area (Å²) in [5, 5.41) is 30.7. The molecule has 1 amide bonds. The molecule has 0 saturated carbocycles. The lowest BCUT2D eigenvalue weighted by Crippen LogP contribution is -2.22. The maximum atomic E-state index is 12.8. The van der Waals surface area contributed by atoms with Crippen LogP contribution in [0.5, 0.6) is 5.75 Å². The molecule has 1 heterocycles. The number of hydrogen-bond acceptors (Lipinski definition) is 8. The average Bonchev–Trinajstić information content (AvgIpc) is 2.99. The molecule has 3 rings (SSSR count). The highest BCUT2D eigenvalue weighted by Gasteiger charge is 2.30. The van der Waals surface area contributed by atoms with Crippen LogP contribution in [0.15, 0.2) is 53.3 Å². The highest BCUT2D eigenvalue weighted by Crippen LogP contribution is 2.39. The second-order valence-electron chi connectivity index (χ2n) is 6.35. The summed E-state index contributed by atoms with van der Waals surface area (Å²) in [5.41, 5.74) is 0.997. The second kappa shape index (κ2) is 7.99. The van der Waals surface area contributed by atoms with Gasteiger partial charge in [0.15, 0.2) is 0 Å². The number of non-ortho nitro benzene ring substituents is 1. The molecule has 11 nitrogen and oxygen atoms in total. The number of nitrogens with zero attached hydrogens (tertiary/aromatic N) is 4. The van der Waals surface area contributed by atoms with E-state index in [2.05, 4.69) is 10.4 Å². The molecular formula is C19H17N5O6. The molecule has 154 valence electrons. The van der Waals surface area contributed by atoms with E-state index in [9.17, 15) is 25.0 Å². The zero-order valence-electron chi connectivity index (χ0n) is 16.3. The van der Waals surface area contributed by atoms with Gasteiger partial charge in [-0.3, -0.25) is 25.0 Å². The minimum Gasteiger partial charge on any atom is -0.489 e. The Morgan fingerprint density at radius 2 is 1.83 bits per heavy atom. The Kier molecular flexibility index (Phi) is 5.45. The molecular weight excluding hydrogens is 394 g/mol. The Labute approximate surface area is 170 Å². The molecule has 0 unspecified atom stereocenters. The topological polar surface area (TPSA) is 140 Å². The van der Waals surface area contributed by atoms with Gasteiger partial charge in [-0.15, -0.1) is 0 Å². The third-order valence-electron chi connectivity index (χ3n) is 4.44. The van der Waals surface area contributed by atoms with E-state index >= 15 is 0 Å². The molecule has 2 aromatic rings. The van der Waals surface area contributed by atoms with Crippen LogP contribution in [0.3, 0.4) is 0 Å². The highest BCUT2D eigenvalue weighted by molar-refractivity contribution is 6.30. The fourth-order valence-corrected chi connectivity index (χ4v) is 2.96. The number of hydrogen-bond donors (Lipinski definition) is 1. The first-order valence-electron chi connectivity index (χ1n) is 8.67. The summed E-state index contributed by atoms with van der Waals surface area (Å²) < 4.78 is 5.07. The monoisotopic (exact) mass is 411 g/mol. The molecule has 0 atom stereocenters. The minimum atomic E-state index is -0.780. The normalized spacial score (nSPS) is 14.6. The number of para-hydroxylation sites is 1. The molecule has 0 bridgehead atoms. The summed E-state index contributed by atoms with van der Waals surface area (Å²) in [5.74, 6) is -0.605. The van der Waals surface area contributed by atoms with Gasteiger partial charge in [0.2, 0.25) is 5.75 Å². The van der Waals surface area contributed by atoms with Crippen molar-refractivity contribution in [3.8, 4) is 5.75 Å². The first kappa shape index (κ1) is 20.5. The molecule has 0 aromatic heterocycles. The van der Waals surface area contributed by atoms with Crippen LogP contribution in [-0.2, 0) is 4.79 Å². The Hall–Kier alpha value is -4.28. The molecule has 11 heteroatoms. The maximum Gasteiger partial charge on any atom is 0.320 e. The number of anilines is 2. The van der Waals surface area contributed by atoms with Gasteiger partial charge >= 0.3 is 5.69 Å². The van der Waals surface area contributed by atoms with E-state index in [0.717, 1.165) is 17.7 Å². The van der Waals surface area contributed by atoms with Gasteiger partial charge < -0.3 is 10.1 Å². The van der Waals surface area contributed by atoms with Crippen molar-refractivity contribution in [2.24, 2.45) is 5.10 Å². The number of hydrazone groups is 1. The van der Waals surface area contributed by atoms with E-state index in [0.29, 0.717) is 11.4 Å². The smallest absolute Gasteiger partial charge is 0.320 e. The first-order valence-corrected chi connectivity index (χ1v) is 8.67. The van der Waals surface area contributed by atoms with E-state index in [1.54, 1.807) is 19.1 Å². The van der Waals surface area contributed by atoms with E-state index in [4.69, 9.17) is 4.74 Å².